The highest BCUT2D eigenvalue weighted by Crippen LogP contribution is 2.28. The highest BCUT2D eigenvalue weighted by atomic mass is 16.1. The van der Waals surface area contributed by atoms with E-state index in [2.05, 4.69) is 15.3 Å². The van der Waals surface area contributed by atoms with E-state index < -0.39 is 0 Å². The van der Waals surface area contributed by atoms with Crippen LogP contribution in [0, 0.1) is 5.92 Å². The van der Waals surface area contributed by atoms with Crippen LogP contribution in [0.3, 0.4) is 0 Å². The molecule has 2 aromatic heterocycles. The number of pyridine rings is 1. The van der Waals surface area contributed by atoms with E-state index in [-0.39, 0.29) is 5.91 Å². The smallest absolute Gasteiger partial charge is 0.255 e. The van der Waals surface area contributed by atoms with Crippen molar-refractivity contribution in [2.45, 2.75) is 38.1 Å². The molecule has 1 aliphatic carbocycles. The number of nitrogens with zero attached hydrogens (tertiary/aromatic N) is 3. The van der Waals surface area contributed by atoms with E-state index in [0.717, 1.165) is 24.6 Å². The van der Waals surface area contributed by atoms with Gasteiger partial charge >= 0.3 is 0 Å². The average Bonchev–Trinajstić information content (AvgIpc) is 3.31. The van der Waals surface area contributed by atoms with Gasteiger partial charge in [-0.05, 0) is 43.9 Å². The van der Waals surface area contributed by atoms with Crippen molar-refractivity contribution < 1.29 is 4.79 Å². The van der Waals surface area contributed by atoms with E-state index in [1.165, 1.54) is 38.6 Å². The highest BCUT2D eigenvalue weighted by molar-refractivity contribution is 6.00. The summed E-state index contributed by atoms with van der Waals surface area (Å²) in [6.45, 7) is 3.11. The monoisotopic (exact) mass is 312 g/mol. The Morgan fingerprint density at radius 2 is 2.13 bits per heavy atom. The van der Waals surface area contributed by atoms with Crippen molar-refractivity contribution in [3.8, 4) is 0 Å². The van der Waals surface area contributed by atoms with Crippen LogP contribution in [-0.2, 0) is 0 Å². The Morgan fingerprint density at radius 1 is 1.26 bits per heavy atom. The quantitative estimate of drug-likeness (QED) is 0.942. The van der Waals surface area contributed by atoms with Crippen LogP contribution >= 0.6 is 0 Å². The van der Waals surface area contributed by atoms with Crippen LogP contribution in [-0.4, -0.2) is 46.1 Å². The molecule has 1 saturated heterocycles. The number of likely N-dealkylation sites (tertiary alicyclic amines) is 1. The van der Waals surface area contributed by atoms with E-state index in [4.69, 9.17) is 0 Å². The third kappa shape index (κ3) is 2.98. The summed E-state index contributed by atoms with van der Waals surface area (Å²) in [5, 5.41) is 7.34. The lowest BCUT2D eigenvalue weighted by atomic mass is 10.1. The molecule has 1 amide bonds. The fourth-order valence-electron chi connectivity index (χ4n) is 4.07. The summed E-state index contributed by atoms with van der Waals surface area (Å²) in [5.74, 6) is 0.576. The molecule has 2 aliphatic rings. The van der Waals surface area contributed by atoms with Gasteiger partial charge in [-0.2, -0.15) is 5.10 Å². The Hall–Kier alpha value is -1.88. The van der Waals surface area contributed by atoms with Gasteiger partial charge < -0.3 is 10.2 Å². The van der Waals surface area contributed by atoms with Gasteiger partial charge in [-0.1, -0.05) is 18.9 Å². The molecule has 3 heterocycles. The molecular formula is C18H24N4O. The molecule has 1 atom stereocenters. The van der Waals surface area contributed by atoms with Gasteiger partial charge in [-0.3, -0.25) is 4.79 Å². The molecule has 2 fully saturated rings. The Kier molecular flexibility index (Phi) is 4.04. The molecule has 2 aromatic rings. The van der Waals surface area contributed by atoms with Gasteiger partial charge in [0, 0.05) is 25.3 Å². The second-order valence-corrected chi connectivity index (χ2v) is 6.89. The summed E-state index contributed by atoms with van der Waals surface area (Å²) in [6.07, 6.45) is 10.2. The Morgan fingerprint density at radius 3 is 3.00 bits per heavy atom. The van der Waals surface area contributed by atoms with Crippen molar-refractivity contribution in [3.63, 3.8) is 0 Å². The summed E-state index contributed by atoms with van der Waals surface area (Å²) >= 11 is 0. The zero-order chi connectivity index (χ0) is 15.6. The maximum atomic E-state index is 12.4. The lowest BCUT2D eigenvalue weighted by Crippen LogP contribution is -2.34. The zero-order valence-corrected chi connectivity index (χ0v) is 13.4. The second kappa shape index (κ2) is 6.32. The minimum atomic E-state index is -0.00878. The molecule has 0 aromatic carbocycles. The predicted octanol–water partition coefficient (Wildman–Crippen LogP) is 2.33. The third-order valence-corrected chi connectivity index (χ3v) is 5.38. The number of rotatable bonds is 4. The van der Waals surface area contributed by atoms with Crippen molar-refractivity contribution in [1.29, 1.82) is 0 Å². The minimum absolute atomic E-state index is 0.00878. The van der Waals surface area contributed by atoms with Gasteiger partial charge in [0.15, 0.2) is 0 Å². The molecule has 1 unspecified atom stereocenters. The Balaban J connectivity index is 1.33. The van der Waals surface area contributed by atoms with E-state index >= 15 is 0 Å². The highest BCUT2D eigenvalue weighted by Gasteiger charge is 2.30. The van der Waals surface area contributed by atoms with Gasteiger partial charge in [0.25, 0.3) is 5.91 Å². The largest absolute Gasteiger partial charge is 0.352 e. The molecule has 0 bridgehead atoms. The number of carbonyl (C=O) groups is 1. The van der Waals surface area contributed by atoms with Crippen molar-refractivity contribution in [2.24, 2.45) is 5.92 Å². The fraction of sp³-hybridized carbons (Fsp3) is 0.556. The van der Waals surface area contributed by atoms with Crippen LogP contribution in [0.4, 0.5) is 0 Å². The fourth-order valence-corrected chi connectivity index (χ4v) is 4.07. The normalized spacial score (nSPS) is 22.9. The topological polar surface area (TPSA) is 49.6 Å². The Bertz CT molecular complexity index is 689. The molecule has 1 aliphatic heterocycles. The molecule has 5 heteroatoms. The number of nitrogens with one attached hydrogen (secondary N) is 1. The first-order chi connectivity index (χ1) is 11.3. The maximum Gasteiger partial charge on any atom is 0.255 e. The van der Waals surface area contributed by atoms with E-state index in [0.29, 0.717) is 11.5 Å². The van der Waals surface area contributed by atoms with E-state index in [1.54, 1.807) is 10.7 Å². The van der Waals surface area contributed by atoms with Crippen molar-refractivity contribution in [1.82, 2.24) is 19.8 Å². The first kappa shape index (κ1) is 14.7. The van der Waals surface area contributed by atoms with Gasteiger partial charge in [0.1, 0.15) is 0 Å². The molecular weight excluding hydrogens is 288 g/mol. The summed E-state index contributed by atoms with van der Waals surface area (Å²) in [6, 6.07) is 6.58. The lowest BCUT2D eigenvalue weighted by molar-refractivity contribution is 0.0948. The van der Waals surface area contributed by atoms with Crippen molar-refractivity contribution >= 4 is 11.4 Å². The van der Waals surface area contributed by atoms with Crippen LogP contribution in [0.25, 0.3) is 5.52 Å². The molecule has 4 rings (SSSR count). The molecule has 1 saturated carbocycles. The summed E-state index contributed by atoms with van der Waals surface area (Å²) in [4.78, 5) is 15.1. The van der Waals surface area contributed by atoms with E-state index in [9.17, 15) is 4.79 Å². The third-order valence-electron chi connectivity index (χ3n) is 5.38. The standard InChI is InChI=1S/C18H24N4O/c23-18(16-12-20-22-9-4-3-7-17(16)22)19-11-14-8-10-21(13-14)15-5-1-2-6-15/h3-4,7,9,12,14-15H,1-2,5-6,8,10-11,13H2,(H,19,23). The Labute approximate surface area is 136 Å². The van der Waals surface area contributed by atoms with Gasteiger partial charge in [-0.25, -0.2) is 4.52 Å². The molecule has 0 radical (unpaired) electrons. The summed E-state index contributed by atoms with van der Waals surface area (Å²) in [5.41, 5.74) is 1.53. The molecule has 0 spiro atoms. The van der Waals surface area contributed by atoms with Crippen LogP contribution in [0.2, 0.25) is 0 Å². The lowest BCUT2D eigenvalue weighted by Gasteiger charge is -2.23. The van der Waals surface area contributed by atoms with Crippen molar-refractivity contribution in [2.75, 3.05) is 19.6 Å². The van der Waals surface area contributed by atoms with Crippen LogP contribution in [0.1, 0.15) is 42.5 Å². The predicted molar refractivity (Wildman–Crippen MR) is 89.5 cm³/mol. The van der Waals surface area contributed by atoms with Crippen LogP contribution < -0.4 is 5.32 Å². The number of amides is 1. The van der Waals surface area contributed by atoms with E-state index in [1.807, 2.05) is 24.4 Å². The van der Waals surface area contributed by atoms with Gasteiger partial charge in [-0.15, -0.1) is 0 Å². The number of fused-ring (bicyclic) bond motifs is 1. The molecule has 122 valence electrons. The second-order valence-electron chi connectivity index (χ2n) is 6.89. The first-order valence-corrected chi connectivity index (χ1v) is 8.76. The molecule has 23 heavy (non-hydrogen) atoms. The maximum absolute atomic E-state index is 12.4. The minimum Gasteiger partial charge on any atom is -0.352 e. The number of aromatic nitrogens is 2. The zero-order valence-electron chi connectivity index (χ0n) is 13.4. The molecule has 5 nitrogen and oxygen atoms in total. The van der Waals surface area contributed by atoms with Gasteiger partial charge in [0.2, 0.25) is 0 Å². The first-order valence-electron chi connectivity index (χ1n) is 8.76. The van der Waals surface area contributed by atoms with Crippen LogP contribution in [0.15, 0.2) is 30.6 Å². The van der Waals surface area contributed by atoms with Crippen LogP contribution in [0.5, 0.6) is 0 Å². The number of hydrogen-bond acceptors (Lipinski definition) is 3. The summed E-state index contributed by atoms with van der Waals surface area (Å²) < 4.78 is 1.74. The van der Waals surface area contributed by atoms with Gasteiger partial charge in [0.05, 0.1) is 17.3 Å². The number of carbonyl (C=O) groups excluding carboxylic acids is 1. The molecule has 1 N–H and O–H groups in total. The SMILES string of the molecule is O=C(NCC1CCN(C2CCCC2)C1)c1cnn2ccccc12. The average molecular weight is 312 g/mol. The van der Waals surface area contributed by atoms with Crippen molar-refractivity contribution in [3.05, 3.63) is 36.2 Å². The number of hydrogen-bond donors (Lipinski definition) is 1. The summed E-state index contributed by atoms with van der Waals surface area (Å²) in [7, 11) is 0.